The molecular formula is C22H26ClFN4O3. The lowest BCUT2D eigenvalue weighted by atomic mass is 9.98. The number of carbonyl (C=O) groups is 3. The van der Waals surface area contributed by atoms with Gasteiger partial charge < -0.3 is 16.0 Å². The molecule has 1 aromatic rings. The lowest BCUT2D eigenvalue weighted by molar-refractivity contribution is -0.128. The van der Waals surface area contributed by atoms with Gasteiger partial charge in [0.15, 0.2) is 0 Å². The van der Waals surface area contributed by atoms with E-state index in [4.69, 9.17) is 11.6 Å². The van der Waals surface area contributed by atoms with E-state index in [0.29, 0.717) is 19.4 Å². The highest BCUT2D eigenvalue weighted by atomic mass is 35.5. The summed E-state index contributed by atoms with van der Waals surface area (Å²) in [5.41, 5.74) is 0.184. The molecule has 31 heavy (non-hydrogen) atoms. The zero-order valence-electron chi connectivity index (χ0n) is 17.5. The summed E-state index contributed by atoms with van der Waals surface area (Å²) in [5, 5.41) is 17.6. The fourth-order valence-corrected chi connectivity index (χ4v) is 3.45. The van der Waals surface area contributed by atoms with Gasteiger partial charge in [0.25, 0.3) is 0 Å². The van der Waals surface area contributed by atoms with Crippen molar-refractivity contribution in [2.45, 2.75) is 45.2 Å². The molecule has 3 N–H and O–H groups in total. The average Bonchev–Trinajstić information content (AvgIpc) is 3.10. The predicted octanol–water partition coefficient (Wildman–Crippen LogP) is 2.56. The van der Waals surface area contributed by atoms with Crippen LogP contribution in [0.4, 0.5) is 4.39 Å². The van der Waals surface area contributed by atoms with Gasteiger partial charge in [-0.1, -0.05) is 31.5 Å². The Morgan fingerprint density at radius 3 is 2.71 bits per heavy atom. The molecule has 0 aliphatic carbocycles. The lowest BCUT2D eigenvalue weighted by Crippen LogP contribution is -2.50. The van der Waals surface area contributed by atoms with Crippen LogP contribution in [0.1, 0.15) is 38.7 Å². The highest BCUT2D eigenvalue weighted by Crippen LogP contribution is 2.17. The number of hydrogen-bond acceptors (Lipinski definition) is 4. The summed E-state index contributed by atoms with van der Waals surface area (Å²) >= 11 is 5.71. The monoisotopic (exact) mass is 448 g/mol. The van der Waals surface area contributed by atoms with Crippen molar-refractivity contribution in [2.75, 3.05) is 6.54 Å². The molecule has 1 saturated heterocycles. The van der Waals surface area contributed by atoms with Crippen molar-refractivity contribution in [3.63, 3.8) is 0 Å². The molecule has 0 aromatic heterocycles. The third kappa shape index (κ3) is 7.68. The first kappa shape index (κ1) is 24.4. The minimum atomic E-state index is -0.875. The SMILES string of the molecule is CC(C)CC(NC(=O)/C=C/c1ccc(Cl)cc1F)C(=O)NC(C#N)C[C@@H]1CCNC1=O. The van der Waals surface area contributed by atoms with Gasteiger partial charge in [0, 0.05) is 29.1 Å². The maximum atomic E-state index is 13.9. The number of nitrogens with zero attached hydrogens (tertiary/aromatic N) is 1. The van der Waals surface area contributed by atoms with Crippen LogP contribution < -0.4 is 16.0 Å². The first-order chi connectivity index (χ1) is 14.7. The number of nitrogens with one attached hydrogen (secondary N) is 3. The predicted molar refractivity (Wildman–Crippen MR) is 115 cm³/mol. The van der Waals surface area contributed by atoms with Crippen LogP contribution in [0.5, 0.6) is 0 Å². The van der Waals surface area contributed by atoms with E-state index in [9.17, 15) is 24.0 Å². The van der Waals surface area contributed by atoms with E-state index in [1.807, 2.05) is 19.9 Å². The Hall–Kier alpha value is -2.92. The topological polar surface area (TPSA) is 111 Å². The summed E-state index contributed by atoms with van der Waals surface area (Å²) in [6.45, 7) is 4.36. The summed E-state index contributed by atoms with van der Waals surface area (Å²) < 4.78 is 13.9. The normalized spacial score (nSPS) is 17.8. The van der Waals surface area contributed by atoms with Crippen LogP contribution in [0.3, 0.4) is 0 Å². The lowest BCUT2D eigenvalue weighted by Gasteiger charge is -2.22. The van der Waals surface area contributed by atoms with Gasteiger partial charge in [-0.25, -0.2) is 4.39 Å². The maximum Gasteiger partial charge on any atom is 0.244 e. The Bertz CT molecular complexity index is 897. The summed E-state index contributed by atoms with van der Waals surface area (Å²) in [6, 6.07) is 4.38. The number of carbonyl (C=O) groups excluding carboxylic acids is 3. The van der Waals surface area contributed by atoms with E-state index in [1.165, 1.54) is 18.2 Å². The van der Waals surface area contributed by atoms with E-state index >= 15 is 0 Å². The Kier molecular flexibility index (Phi) is 9.01. The maximum absolute atomic E-state index is 13.9. The Balaban J connectivity index is 2.01. The number of nitriles is 1. The van der Waals surface area contributed by atoms with Gasteiger partial charge >= 0.3 is 0 Å². The summed E-state index contributed by atoms with van der Waals surface area (Å²) in [6.07, 6.45) is 3.61. The van der Waals surface area contributed by atoms with Gasteiger partial charge in [0.2, 0.25) is 17.7 Å². The fourth-order valence-electron chi connectivity index (χ4n) is 3.30. The van der Waals surface area contributed by atoms with Crippen LogP contribution in [0.15, 0.2) is 24.3 Å². The van der Waals surface area contributed by atoms with Crippen molar-refractivity contribution < 1.29 is 18.8 Å². The third-order valence-electron chi connectivity index (χ3n) is 4.87. The zero-order valence-corrected chi connectivity index (χ0v) is 18.2. The fraction of sp³-hybridized carbons (Fsp3) is 0.455. The molecule has 7 nitrogen and oxygen atoms in total. The number of rotatable bonds is 9. The van der Waals surface area contributed by atoms with Gasteiger partial charge in [0.05, 0.1) is 6.07 Å². The Morgan fingerprint density at radius 2 is 2.13 bits per heavy atom. The largest absolute Gasteiger partial charge is 0.356 e. The Labute approximate surface area is 186 Å². The molecule has 0 bridgehead atoms. The highest BCUT2D eigenvalue weighted by Gasteiger charge is 2.29. The summed E-state index contributed by atoms with van der Waals surface area (Å²) in [4.78, 5) is 36.8. The van der Waals surface area contributed by atoms with E-state index in [-0.39, 0.29) is 34.7 Å². The van der Waals surface area contributed by atoms with Crippen molar-refractivity contribution in [3.8, 4) is 6.07 Å². The molecule has 0 spiro atoms. The van der Waals surface area contributed by atoms with Crippen LogP contribution in [-0.2, 0) is 14.4 Å². The van der Waals surface area contributed by atoms with Crippen LogP contribution in [-0.4, -0.2) is 36.3 Å². The minimum absolute atomic E-state index is 0.0925. The van der Waals surface area contributed by atoms with Crippen molar-refractivity contribution in [1.82, 2.24) is 16.0 Å². The van der Waals surface area contributed by atoms with Crippen molar-refractivity contribution in [1.29, 1.82) is 5.26 Å². The van der Waals surface area contributed by atoms with Crippen LogP contribution in [0.2, 0.25) is 5.02 Å². The smallest absolute Gasteiger partial charge is 0.244 e. The van der Waals surface area contributed by atoms with E-state index in [0.717, 1.165) is 12.1 Å². The Morgan fingerprint density at radius 1 is 1.39 bits per heavy atom. The number of hydrogen-bond donors (Lipinski definition) is 3. The summed E-state index contributed by atoms with van der Waals surface area (Å²) in [5.74, 6) is -1.99. The minimum Gasteiger partial charge on any atom is -0.356 e. The van der Waals surface area contributed by atoms with Crippen LogP contribution >= 0.6 is 11.6 Å². The molecule has 166 valence electrons. The van der Waals surface area contributed by atoms with Crippen LogP contribution in [0, 0.1) is 29.0 Å². The van der Waals surface area contributed by atoms with Crippen molar-refractivity contribution >= 4 is 35.4 Å². The van der Waals surface area contributed by atoms with Gasteiger partial charge in [-0.2, -0.15) is 5.26 Å². The molecule has 0 radical (unpaired) electrons. The van der Waals surface area contributed by atoms with Gasteiger partial charge in [0.1, 0.15) is 17.9 Å². The molecule has 3 amide bonds. The molecule has 0 saturated carbocycles. The highest BCUT2D eigenvalue weighted by molar-refractivity contribution is 6.30. The second-order valence-electron chi connectivity index (χ2n) is 7.89. The average molecular weight is 449 g/mol. The first-order valence-electron chi connectivity index (χ1n) is 10.1. The van der Waals surface area contributed by atoms with E-state index in [1.54, 1.807) is 0 Å². The first-order valence-corrected chi connectivity index (χ1v) is 10.5. The van der Waals surface area contributed by atoms with Crippen molar-refractivity contribution in [3.05, 3.63) is 40.7 Å². The molecule has 3 atom stereocenters. The molecule has 1 aliphatic heterocycles. The molecule has 2 unspecified atom stereocenters. The molecule has 1 fully saturated rings. The van der Waals surface area contributed by atoms with E-state index < -0.39 is 29.7 Å². The molecular weight excluding hydrogens is 423 g/mol. The molecule has 1 heterocycles. The standard InChI is InChI=1S/C22H26ClFN4O3/c1-13(2)9-19(22(31)27-17(12-25)10-15-7-8-26-21(15)30)28-20(29)6-4-14-3-5-16(23)11-18(14)24/h3-6,11,13,15,17,19H,7-10H2,1-2H3,(H,26,30)(H,27,31)(H,28,29)/b6-4+/t15-,17?,19?/m0/s1. The van der Waals surface area contributed by atoms with Gasteiger partial charge in [-0.05, 0) is 43.4 Å². The second-order valence-corrected chi connectivity index (χ2v) is 8.33. The molecule has 9 heteroatoms. The van der Waals surface area contributed by atoms with E-state index in [2.05, 4.69) is 16.0 Å². The third-order valence-corrected chi connectivity index (χ3v) is 5.11. The zero-order chi connectivity index (χ0) is 23.0. The van der Waals surface area contributed by atoms with Crippen LogP contribution in [0.25, 0.3) is 6.08 Å². The molecule has 1 aliphatic rings. The quantitative estimate of drug-likeness (QED) is 0.504. The molecule has 1 aromatic carbocycles. The number of benzene rings is 1. The number of halogens is 2. The molecule has 2 rings (SSSR count). The van der Waals surface area contributed by atoms with Gasteiger partial charge in [-0.3, -0.25) is 14.4 Å². The summed E-state index contributed by atoms with van der Waals surface area (Å²) in [7, 11) is 0. The second kappa shape index (κ2) is 11.5. The number of amides is 3. The van der Waals surface area contributed by atoms with Gasteiger partial charge in [-0.15, -0.1) is 0 Å². The van der Waals surface area contributed by atoms with Crippen molar-refractivity contribution in [2.24, 2.45) is 11.8 Å².